The summed E-state index contributed by atoms with van der Waals surface area (Å²) in [5.74, 6) is 1.80. The van der Waals surface area contributed by atoms with E-state index in [4.69, 9.17) is 4.98 Å². The minimum absolute atomic E-state index is 0.728. The molecule has 1 aliphatic heterocycles. The fourth-order valence-corrected chi connectivity index (χ4v) is 3.27. The first-order chi connectivity index (χ1) is 11.9. The Morgan fingerprint density at radius 1 is 0.875 bits per heavy atom. The van der Waals surface area contributed by atoms with E-state index in [0.717, 1.165) is 48.7 Å². The second kappa shape index (κ2) is 6.87. The number of aromatic nitrogens is 2. The standard InChI is InChI=1S/C20H22N4/c1-2-8-16(9-3-1)12-13-21-20-22-18-11-5-4-10-17(18)19(23-20)24-14-6-7-15-24/h1-5,8-11H,6-7,12-15H2,(H,21,22,23). The van der Waals surface area contributed by atoms with Gasteiger partial charge in [0.15, 0.2) is 0 Å². The summed E-state index contributed by atoms with van der Waals surface area (Å²) >= 11 is 0. The van der Waals surface area contributed by atoms with Crippen molar-refractivity contribution in [1.82, 2.24) is 9.97 Å². The molecule has 4 nitrogen and oxygen atoms in total. The third kappa shape index (κ3) is 3.18. The summed E-state index contributed by atoms with van der Waals surface area (Å²) in [5.41, 5.74) is 2.34. The number of nitrogens with one attached hydrogen (secondary N) is 1. The molecule has 0 spiro atoms. The molecular weight excluding hydrogens is 296 g/mol. The molecule has 0 bridgehead atoms. The van der Waals surface area contributed by atoms with Crippen molar-refractivity contribution in [2.45, 2.75) is 19.3 Å². The molecule has 0 unspecified atom stereocenters. The first kappa shape index (κ1) is 14.9. The lowest BCUT2D eigenvalue weighted by Crippen LogP contribution is -2.20. The van der Waals surface area contributed by atoms with E-state index in [2.05, 4.69) is 57.7 Å². The van der Waals surface area contributed by atoms with Crippen LogP contribution >= 0.6 is 0 Å². The minimum atomic E-state index is 0.728. The molecule has 0 amide bonds. The highest BCUT2D eigenvalue weighted by Crippen LogP contribution is 2.27. The van der Waals surface area contributed by atoms with Crippen molar-refractivity contribution in [2.24, 2.45) is 0 Å². The maximum Gasteiger partial charge on any atom is 0.225 e. The minimum Gasteiger partial charge on any atom is -0.356 e. The van der Waals surface area contributed by atoms with Crippen LogP contribution in [0.25, 0.3) is 10.9 Å². The van der Waals surface area contributed by atoms with Crippen molar-refractivity contribution < 1.29 is 0 Å². The van der Waals surface area contributed by atoms with Gasteiger partial charge < -0.3 is 10.2 Å². The molecule has 1 aromatic heterocycles. The van der Waals surface area contributed by atoms with Crippen LogP contribution in [-0.2, 0) is 6.42 Å². The molecule has 0 radical (unpaired) electrons. The number of para-hydroxylation sites is 1. The van der Waals surface area contributed by atoms with E-state index in [1.54, 1.807) is 0 Å². The molecule has 2 aromatic carbocycles. The number of anilines is 2. The maximum atomic E-state index is 4.82. The van der Waals surface area contributed by atoms with Crippen LogP contribution < -0.4 is 10.2 Å². The molecule has 122 valence electrons. The quantitative estimate of drug-likeness (QED) is 0.775. The molecule has 0 saturated carbocycles. The average molecular weight is 318 g/mol. The summed E-state index contributed by atoms with van der Waals surface area (Å²) in [4.78, 5) is 11.9. The Bertz CT molecular complexity index is 810. The Balaban J connectivity index is 1.56. The van der Waals surface area contributed by atoms with Crippen molar-refractivity contribution >= 4 is 22.7 Å². The molecule has 4 heteroatoms. The van der Waals surface area contributed by atoms with Crippen molar-refractivity contribution in [3.8, 4) is 0 Å². The Morgan fingerprint density at radius 3 is 2.46 bits per heavy atom. The van der Waals surface area contributed by atoms with Crippen molar-refractivity contribution in [3.63, 3.8) is 0 Å². The largest absolute Gasteiger partial charge is 0.356 e. The predicted molar refractivity (Wildman–Crippen MR) is 99.6 cm³/mol. The summed E-state index contributed by atoms with van der Waals surface area (Å²) in [6.45, 7) is 3.01. The molecule has 1 aliphatic rings. The van der Waals surface area contributed by atoms with Gasteiger partial charge in [-0.2, -0.15) is 4.98 Å². The summed E-state index contributed by atoms with van der Waals surface area (Å²) in [7, 11) is 0. The lowest BCUT2D eigenvalue weighted by molar-refractivity contribution is 0.930. The molecule has 4 rings (SSSR count). The normalized spacial score (nSPS) is 14.2. The Kier molecular flexibility index (Phi) is 4.28. The summed E-state index contributed by atoms with van der Waals surface area (Å²) in [6.07, 6.45) is 3.46. The van der Waals surface area contributed by atoms with Gasteiger partial charge in [-0.3, -0.25) is 0 Å². The van der Waals surface area contributed by atoms with Crippen LogP contribution in [0.2, 0.25) is 0 Å². The van der Waals surface area contributed by atoms with E-state index in [9.17, 15) is 0 Å². The fraction of sp³-hybridized carbons (Fsp3) is 0.300. The van der Waals surface area contributed by atoms with Gasteiger partial charge in [-0.15, -0.1) is 0 Å². The highest BCUT2D eigenvalue weighted by molar-refractivity contribution is 5.90. The van der Waals surface area contributed by atoms with Gasteiger partial charge in [-0.05, 0) is 37.0 Å². The Labute approximate surface area is 142 Å². The zero-order chi connectivity index (χ0) is 16.2. The molecule has 2 heterocycles. The number of hydrogen-bond donors (Lipinski definition) is 1. The first-order valence-corrected chi connectivity index (χ1v) is 8.70. The van der Waals surface area contributed by atoms with E-state index in [-0.39, 0.29) is 0 Å². The van der Waals surface area contributed by atoms with Gasteiger partial charge in [0.2, 0.25) is 5.95 Å². The smallest absolute Gasteiger partial charge is 0.225 e. The van der Waals surface area contributed by atoms with Gasteiger partial charge in [0.1, 0.15) is 5.82 Å². The van der Waals surface area contributed by atoms with Crippen LogP contribution in [0.15, 0.2) is 54.6 Å². The molecule has 1 saturated heterocycles. The third-order valence-electron chi connectivity index (χ3n) is 4.53. The molecular formula is C20H22N4. The number of rotatable bonds is 5. The van der Waals surface area contributed by atoms with Crippen molar-refractivity contribution in [3.05, 3.63) is 60.2 Å². The summed E-state index contributed by atoms with van der Waals surface area (Å²) in [5, 5.41) is 4.55. The van der Waals surface area contributed by atoms with E-state index in [0.29, 0.717) is 0 Å². The van der Waals surface area contributed by atoms with Crippen molar-refractivity contribution in [1.29, 1.82) is 0 Å². The number of fused-ring (bicyclic) bond motifs is 1. The molecule has 3 aromatic rings. The van der Waals surface area contributed by atoms with Gasteiger partial charge in [0.25, 0.3) is 0 Å². The highest BCUT2D eigenvalue weighted by atomic mass is 15.2. The van der Waals surface area contributed by atoms with Crippen LogP contribution in [0.5, 0.6) is 0 Å². The third-order valence-corrected chi connectivity index (χ3v) is 4.53. The predicted octanol–water partition coefficient (Wildman–Crippen LogP) is 3.88. The highest BCUT2D eigenvalue weighted by Gasteiger charge is 2.17. The zero-order valence-corrected chi connectivity index (χ0v) is 13.8. The lowest BCUT2D eigenvalue weighted by Gasteiger charge is -2.19. The topological polar surface area (TPSA) is 41.1 Å². The summed E-state index contributed by atoms with van der Waals surface area (Å²) < 4.78 is 0. The van der Waals surface area contributed by atoms with Gasteiger partial charge in [0, 0.05) is 25.0 Å². The van der Waals surface area contributed by atoms with Crippen LogP contribution in [0.3, 0.4) is 0 Å². The average Bonchev–Trinajstić information content (AvgIpc) is 3.16. The molecule has 24 heavy (non-hydrogen) atoms. The van der Waals surface area contributed by atoms with E-state index in [1.807, 2.05) is 12.1 Å². The van der Waals surface area contributed by atoms with Crippen LogP contribution in [0.1, 0.15) is 18.4 Å². The SMILES string of the molecule is c1ccc(CCNc2nc(N3CCCC3)c3ccccc3n2)cc1. The lowest BCUT2D eigenvalue weighted by atomic mass is 10.1. The van der Waals surface area contributed by atoms with E-state index in [1.165, 1.54) is 18.4 Å². The number of benzene rings is 2. The molecule has 1 N–H and O–H groups in total. The fourth-order valence-electron chi connectivity index (χ4n) is 3.27. The Hall–Kier alpha value is -2.62. The Morgan fingerprint density at radius 2 is 1.62 bits per heavy atom. The van der Waals surface area contributed by atoms with Gasteiger partial charge in [-0.25, -0.2) is 4.98 Å². The van der Waals surface area contributed by atoms with Gasteiger partial charge in [0.05, 0.1) is 5.52 Å². The maximum absolute atomic E-state index is 4.82. The van der Waals surface area contributed by atoms with E-state index >= 15 is 0 Å². The molecule has 0 atom stereocenters. The first-order valence-electron chi connectivity index (χ1n) is 8.70. The summed E-state index contributed by atoms with van der Waals surface area (Å²) in [6, 6.07) is 18.8. The molecule has 1 fully saturated rings. The van der Waals surface area contributed by atoms with Crippen LogP contribution in [0.4, 0.5) is 11.8 Å². The van der Waals surface area contributed by atoms with Gasteiger partial charge >= 0.3 is 0 Å². The van der Waals surface area contributed by atoms with Crippen LogP contribution in [-0.4, -0.2) is 29.6 Å². The van der Waals surface area contributed by atoms with Crippen molar-refractivity contribution in [2.75, 3.05) is 29.9 Å². The number of hydrogen-bond acceptors (Lipinski definition) is 4. The second-order valence-corrected chi connectivity index (χ2v) is 6.24. The van der Waals surface area contributed by atoms with E-state index < -0.39 is 0 Å². The second-order valence-electron chi connectivity index (χ2n) is 6.24. The zero-order valence-electron chi connectivity index (χ0n) is 13.8. The van der Waals surface area contributed by atoms with Gasteiger partial charge in [-0.1, -0.05) is 42.5 Å². The monoisotopic (exact) mass is 318 g/mol. The molecule has 0 aliphatic carbocycles. The number of nitrogens with zero attached hydrogens (tertiary/aromatic N) is 3. The van der Waals surface area contributed by atoms with Crippen LogP contribution in [0, 0.1) is 0 Å².